The number of para-hydroxylation sites is 3. The van der Waals surface area contributed by atoms with Crippen molar-refractivity contribution >= 4 is 32.8 Å². The number of fused-ring (bicyclic) bond motifs is 4. The van der Waals surface area contributed by atoms with E-state index in [2.05, 4.69) is 253 Å². The maximum Gasteiger partial charge on any atom is 0.269 e. The first-order valence-corrected chi connectivity index (χ1v) is 24.6. The summed E-state index contributed by atoms with van der Waals surface area (Å²) < 4.78 is 13.7. The third-order valence-corrected chi connectivity index (χ3v) is 14.9. The van der Waals surface area contributed by atoms with Crippen LogP contribution in [0.25, 0.3) is 72.3 Å². The maximum absolute atomic E-state index is 6.93. The molecule has 0 N–H and O–H groups in total. The van der Waals surface area contributed by atoms with Crippen LogP contribution in [0.1, 0.15) is 71.6 Å². The van der Waals surface area contributed by atoms with E-state index in [4.69, 9.17) is 9.72 Å². The lowest BCUT2D eigenvalue weighted by Crippen LogP contribution is -2.29. The van der Waals surface area contributed by atoms with Gasteiger partial charge in [0.15, 0.2) is 0 Å². The molecule has 71 heavy (non-hydrogen) atoms. The standard InChI is InChI=1S/C66H48N4O/c1-66(2,3)44-34-35-67-62(36-44)70-60-38-47(32-33-50(60)55-39-56-57(40-61(55)70)64-53-26-12-10-24-51(53)63(56)52-25-11-13-27-54(52)64)71-46-23-16-22-45(37-46)68-41-69(59-31-15-14-30-58(59)68)65-48(42-18-6-4-7-19-42)28-17-29-49(65)43-20-8-5-9-21-43/h4-40,63-64H,1-3H3. The van der Waals surface area contributed by atoms with Crippen LogP contribution in [0, 0.1) is 6.33 Å². The molecule has 3 heterocycles. The van der Waals surface area contributed by atoms with Crippen LogP contribution >= 0.6 is 0 Å². The van der Waals surface area contributed by atoms with Gasteiger partial charge in [-0.3, -0.25) is 13.7 Å². The van der Waals surface area contributed by atoms with E-state index < -0.39 is 0 Å². The minimum Gasteiger partial charge on any atom is -0.458 e. The third-order valence-electron chi connectivity index (χ3n) is 14.9. The monoisotopic (exact) mass is 912 g/mol. The van der Waals surface area contributed by atoms with E-state index in [1.165, 1.54) is 49.7 Å². The van der Waals surface area contributed by atoms with E-state index in [0.717, 1.165) is 73.0 Å². The van der Waals surface area contributed by atoms with E-state index in [-0.39, 0.29) is 17.3 Å². The van der Waals surface area contributed by atoms with Gasteiger partial charge in [0.2, 0.25) is 0 Å². The number of pyridine rings is 1. The summed E-state index contributed by atoms with van der Waals surface area (Å²) in [5, 5.41) is 2.38. The minimum atomic E-state index is -0.0569. The molecule has 0 fully saturated rings. The summed E-state index contributed by atoms with van der Waals surface area (Å²) in [6.07, 6.45) is 5.79. The minimum absolute atomic E-state index is 0.0569. The molecule has 3 aliphatic rings. The van der Waals surface area contributed by atoms with Crippen molar-refractivity contribution in [2.45, 2.75) is 38.0 Å². The topological polar surface area (TPSA) is 35.9 Å². The summed E-state index contributed by atoms with van der Waals surface area (Å²) in [5.41, 5.74) is 20.4. The summed E-state index contributed by atoms with van der Waals surface area (Å²) in [5.74, 6) is 2.71. The van der Waals surface area contributed by atoms with E-state index in [0.29, 0.717) is 0 Å². The molecule has 2 bridgehead atoms. The summed E-state index contributed by atoms with van der Waals surface area (Å²) >= 11 is 0. The van der Waals surface area contributed by atoms with Crippen molar-refractivity contribution in [3.63, 3.8) is 0 Å². The molecule has 0 saturated carbocycles. The number of nitrogens with zero attached hydrogens (tertiary/aromatic N) is 4. The van der Waals surface area contributed by atoms with Gasteiger partial charge < -0.3 is 4.74 Å². The Kier molecular flexibility index (Phi) is 9.21. The Hall–Kier alpha value is -8.80. The van der Waals surface area contributed by atoms with E-state index in [1.54, 1.807) is 0 Å². The van der Waals surface area contributed by atoms with Crippen molar-refractivity contribution < 1.29 is 9.30 Å². The Balaban J connectivity index is 0.908. The highest BCUT2D eigenvalue weighted by atomic mass is 16.5. The maximum atomic E-state index is 6.93. The molecule has 9 aromatic carbocycles. The highest BCUT2D eigenvalue weighted by Gasteiger charge is 2.41. The number of aromatic nitrogens is 4. The molecule has 0 aliphatic heterocycles. The summed E-state index contributed by atoms with van der Waals surface area (Å²) in [6, 6.07) is 78.7. The second kappa shape index (κ2) is 15.9. The van der Waals surface area contributed by atoms with Crippen LogP contribution in [-0.2, 0) is 5.41 Å². The number of benzene rings is 9. The molecule has 5 heteroatoms. The van der Waals surface area contributed by atoms with Crippen LogP contribution < -0.4 is 9.30 Å². The van der Waals surface area contributed by atoms with Crippen molar-refractivity contribution in [1.29, 1.82) is 0 Å². The molecular formula is C66H48N4O. The van der Waals surface area contributed by atoms with Gasteiger partial charge in [0.1, 0.15) is 17.3 Å². The Bertz CT molecular complexity index is 3980. The van der Waals surface area contributed by atoms with Crippen LogP contribution in [0.2, 0.25) is 0 Å². The zero-order valence-electron chi connectivity index (χ0n) is 39.7. The Labute approximate surface area is 413 Å². The molecule has 3 aliphatic carbocycles. The van der Waals surface area contributed by atoms with E-state index >= 15 is 0 Å². The highest BCUT2D eigenvalue weighted by molar-refractivity contribution is 6.10. The fourth-order valence-corrected chi connectivity index (χ4v) is 11.7. The van der Waals surface area contributed by atoms with Gasteiger partial charge in [-0.05, 0) is 121 Å². The van der Waals surface area contributed by atoms with Gasteiger partial charge in [-0.15, -0.1) is 0 Å². The van der Waals surface area contributed by atoms with Crippen molar-refractivity contribution in [2.75, 3.05) is 0 Å². The van der Waals surface area contributed by atoms with Gasteiger partial charge >= 0.3 is 0 Å². The van der Waals surface area contributed by atoms with Crippen molar-refractivity contribution in [2.24, 2.45) is 0 Å². The lowest BCUT2D eigenvalue weighted by atomic mass is 9.61. The van der Waals surface area contributed by atoms with Gasteiger partial charge in [0, 0.05) is 34.9 Å². The highest BCUT2D eigenvalue weighted by Crippen LogP contribution is 2.57. The summed E-state index contributed by atoms with van der Waals surface area (Å²) in [4.78, 5) is 5.09. The average Bonchev–Trinajstić information content (AvgIpc) is 3.96. The molecule has 0 saturated heterocycles. The molecule has 15 rings (SSSR count). The molecule has 0 amide bonds. The predicted octanol–water partition coefficient (Wildman–Crippen LogP) is 15.6. The van der Waals surface area contributed by atoms with Crippen LogP contribution in [0.5, 0.6) is 11.5 Å². The molecule has 0 atom stereocenters. The lowest BCUT2D eigenvalue weighted by molar-refractivity contribution is -0.572. The second-order valence-electron chi connectivity index (χ2n) is 20.1. The molecular weight excluding hydrogens is 865 g/mol. The predicted molar refractivity (Wildman–Crippen MR) is 287 cm³/mol. The third kappa shape index (κ3) is 6.53. The number of rotatable bonds is 7. The number of ether oxygens (including phenoxy) is 1. The molecule has 0 unspecified atom stereocenters. The molecule has 5 nitrogen and oxygen atoms in total. The molecule has 12 aromatic rings. The van der Waals surface area contributed by atoms with Gasteiger partial charge in [-0.1, -0.05) is 178 Å². The lowest BCUT2D eigenvalue weighted by Gasteiger charge is -2.42. The zero-order valence-corrected chi connectivity index (χ0v) is 39.7. The largest absolute Gasteiger partial charge is 0.458 e. The Morgan fingerprint density at radius 3 is 1.72 bits per heavy atom. The first kappa shape index (κ1) is 41.2. The smallest absolute Gasteiger partial charge is 0.269 e. The van der Waals surface area contributed by atoms with Crippen LogP contribution in [0.3, 0.4) is 0 Å². The normalized spacial score (nSPS) is 14.7. The number of hydrogen-bond acceptors (Lipinski definition) is 2. The average molecular weight is 913 g/mol. The molecule has 3 aromatic heterocycles. The van der Waals surface area contributed by atoms with Crippen LogP contribution in [-0.4, -0.2) is 14.1 Å². The van der Waals surface area contributed by atoms with Crippen LogP contribution in [0.15, 0.2) is 225 Å². The Morgan fingerprint density at radius 1 is 0.479 bits per heavy atom. The fraction of sp³-hybridized carbons (Fsp3) is 0.0909. The summed E-state index contributed by atoms with van der Waals surface area (Å²) in [6.45, 7) is 6.79. The fourth-order valence-electron chi connectivity index (χ4n) is 11.7. The SMILES string of the molecule is CC(C)(C)c1ccnc(-n2c3cc(Oc4cccc(-[n+]5[c-]n(-c6c(-c7ccccc7)cccc6-c6ccccc6)c6ccccc65)c4)ccc3c3cc4c(cc32)C2c3ccccc3C4c3ccccc32)c1. The quantitative estimate of drug-likeness (QED) is 0.118. The van der Waals surface area contributed by atoms with Gasteiger partial charge in [-0.25, -0.2) is 4.98 Å². The van der Waals surface area contributed by atoms with E-state index in [9.17, 15) is 0 Å². The zero-order chi connectivity index (χ0) is 47.4. The van der Waals surface area contributed by atoms with Crippen molar-refractivity contribution in [3.8, 4) is 50.9 Å². The van der Waals surface area contributed by atoms with Crippen LogP contribution in [0.4, 0.5) is 0 Å². The Morgan fingerprint density at radius 2 is 1.06 bits per heavy atom. The van der Waals surface area contributed by atoms with Crippen molar-refractivity contribution in [3.05, 3.63) is 270 Å². The van der Waals surface area contributed by atoms with Crippen molar-refractivity contribution in [1.82, 2.24) is 14.1 Å². The number of hydrogen-bond donors (Lipinski definition) is 0. The number of imidazole rings is 1. The van der Waals surface area contributed by atoms with E-state index in [1.807, 2.05) is 12.3 Å². The summed E-state index contributed by atoms with van der Waals surface area (Å²) in [7, 11) is 0. The van der Waals surface area contributed by atoms with Gasteiger partial charge in [0.25, 0.3) is 6.33 Å². The van der Waals surface area contributed by atoms with Gasteiger partial charge in [0.05, 0.1) is 33.4 Å². The van der Waals surface area contributed by atoms with Gasteiger partial charge in [-0.2, -0.15) is 0 Å². The first-order valence-electron chi connectivity index (χ1n) is 24.6. The first-order chi connectivity index (χ1) is 34.9. The molecule has 338 valence electrons. The molecule has 0 radical (unpaired) electrons. The molecule has 0 spiro atoms. The second-order valence-corrected chi connectivity index (χ2v) is 20.1.